The fourth-order valence-corrected chi connectivity index (χ4v) is 3.09. The number of carboxylic acids is 1. The molecule has 0 radical (unpaired) electrons. The molecule has 3 aromatic heterocycles. The number of imidazole rings is 1. The lowest BCUT2D eigenvalue weighted by molar-refractivity contribution is 0.0703. The van der Waals surface area contributed by atoms with Crippen molar-refractivity contribution in [2.75, 3.05) is 5.43 Å². The average Bonchev–Trinajstić information content (AvgIpc) is 3.03. The number of thiophene rings is 1. The first-order chi connectivity index (χ1) is 10.8. The molecule has 6 nitrogen and oxygen atoms in total. The first kappa shape index (κ1) is 15.5. The predicted octanol–water partition coefficient (Wildman–Crippen LogP) is 3.51. The largest absolute Gasteiger partial charge is 0.477 e. The topological polar surface area (TPSA) is 80.0 Å². The van der Waals surface area contributed by atoms with Crippen LogP contribution in [-0.2, 0) is 0 Å². The first-order valence-corrected chi connectivity index (χ1v) is 8.09. The van der Waals surface area contributed by atoms with E-state index in [4.69, 9.17) is 0 Å². The number of carbonyl (C=O) groups is 1. The summed E-state index contributed by atoms with van der Waals surface area (Å²) in [5.74, 6) is -0.385. The molecule has 3 rings (SSSR count). The van der Waals surface area contributed by atoms with Crippen molar-refractivity contribution in [2.24, 2.45) is 0 Å². The molecule has 23 heavy (non-hydrogen) atoms. The number of hydrogen-bond acceptors (Lipinski definition) is 5. The van der Waals surface area contributed by atoms with Crippen molar-refractivity contribution in [1.29, 1.82) is 0 Å². The molecule has 0 unspecified atom stereocenters. The predicted molar refractivity (Wildman–Crippen MR) is 91.7 cm³/mol. The molecule has 0 aliphatic heterocycles. The van der Waals surface area contributed by atoms with Gasteiger partial charge in [-0.2, -0.15) is 0 Å². The zero-order valence-electron chi connectivity index (χ0n) is 13.4. The molecule has 0 aromatic carbocycles. The summed E-state index contributed by atoms with van der Waals surface area (Å²) in [6.07, 6.45) is 1.73. The molecule has 0 atom stereocenters. The lowest BCUT2D eigenvalue weighted by atomic mass is 10.1. The summed E-state index contributed by atoms with van der Waals surface area (Å²) in [5, 5.41) is 11.2. The summed E-state index contributed by atoms with van der Waals surface area (Å²) in [6, 6.07) is 3.68. The molecule has 120 valence electrons. The number of aromatic nitrogens is 3. The highest BCUT2D eigenvalue weighted by Crippen LogP contribution is 2.31. The number of hydrogen-bond donors (Lipinski definition) is 2. The minimum absolute atomic E-state index is 0.229. The van der Waals surface area contributed by atoms with Crippen molar-refractivity contribution in [3.05, 3.63) is 34.2 Å². The van der Waals surface area contributed by atoms with Crippen molar-refractivity contribution in [3.8, 4) is 11.4 Å². The van der Waals surface area contributed by atoms with Crippen LogP contribution in [0.15, 0.2) is 23.7 Å². The number of pyridine rings is 1. The van der Waals surface area contributed by atoms with Crippen LogP contribution < -0.4 is 5.43 Å². The van der Waals surface area contributed by atoms with Crippen molar-refractivity contribution in [2.45, 2.75) is 33.2 Å². The second-order valence-corrected chi connectivity index (χ2v) is 7.32. The fourth-order valence-electron chi connectivity index (χ4n) is 2.37. The number of rotatable bonds is 3. The van der Waals surface area contributed by atoms with Gasteiger partial charge in [-0.1, -0.05) is 0 Å². The summed E-state index contributed by atoms with van der Waals surface area (Å²) < 4.78 is 1.79. The van der Waals surface area contributed by atoms with Crippen molar-refractivity contribution in [3.63, 3.8) is 0 Å². The molecule has 0 saturated heterocycles. The molecular formula is C16H18N4O2S. The zero-order valence-corrected chi connectivity index (χ0v) is 14.2. The Hall–Kier alpha value is -2.41. The number of aromatic carboxylic acids is 1. The van der Waals surface area contributed by atoms with Gasteiger partial charge in [-0.15, -0.1) is 11.3 Å². The lowest BCUT2D eigenvalue weighted by Crippen LogP contribution is -2.34. The number of nitrogens with zero attached hydrogens (tertiary/aromatic N) is 3. The lowest BCUT2D eigenvalue weighted by Gasteiger charge is -2.24. The Labute approximate surface area is 137 Å². The smallest absolute Gasteiger partial charge is 0.346 e. The molecule has 0 amide bonds. The van der Waals surface area contributed by atoms with E-state index < -0.39 is 5.97 Å². The minimum Gasteiger partial charge on any atom is -0.477 e. The second kappa shape index (κ2) is 5.34. The summed E-state index contributed by atoms with van der Waals surface area (Å²) in [6.45, 7) is 8.06. The number of nitrogens with one attached hydrogen (secondary N) is 1. The summed E-state index contributed by atoms with van der Waals surface area (Å²) in [7, 11) is 0. The molecule has 0 spiro atoms. The third-order valence-corrected chi connectivity index (χ3v) is 4.20. The fraction of sp³-hybridized carbons (Fsp3) is 0.312. The van der Waals surface area contributed by atoms with Gasteiger partial charge in [0.2, 0.25) is 0 Å². The van der Waals surface area contributed by atoms with Crippen LogP contribution in [0.5, 0.6) is 0 Å². The maximum absolute atomic E-state index is 11.5. The van der Waals surface area contributed by atoms with Gasteiger partial charge in [0.1, 0.15) is 10.4 Å². The highest BCUT2D eigenvalue weighted by atomic mass is 32.1. The summed E-state index contributed by atoms with van der Waals surface area (Å²) in [4.78, 5) is 20.8. The van der Waals surface area contributed by atoms with Gasteiger partial charge in [0.15, 0.2) is 11.5 Å². The van der Waals surface area contributed by atoms with E-state index in [1.54, 1.807) is 22.3 Å². The monoisotopic (exact) mass is 330 g/mol. The van der Waals surface area contributed by atoms with E-state index in [0.29, 0.717) is 17.0 Å². The third kappa shape index (κ3) is 2.79. The second-order valence-electron chi connectivity index (χ2n) is 6.40. The molecule has 0 saturated carbocycles. The zero-order chi connectivity index (χ0) is 16.8. The third-order valence-electron chi connectivity index (χ3n) is 3.30. The Bertz CT molecular complexity index is 889. The van der Waals surface area contributed by atoms with Crippen molar-refractivity contribution >= 4 is 28.5 Å². The SMILES string of the molecule is Cc1ccnc2c1nc(-c1ccsc1C(=O)O)n2NC(C)(C)C. The van der Waals surface area contributed by atoms with Gasteiger partial charge in [-0.05, 0) is 50.8 Å². The quantitative estimate of drug-likeness (QED) is 0.768. The summed E-state index contributed by atoms with van der Waals surface area (Å²) >= 11 is 1.19. The molecule has 0 aliphatic carbocycles. The van der Waals surface area contributed by atoms with Crippen LogP contribution in [0.1, 0.15) is 36.0 Å². The molecule has 0 bridgehead atoms. The molecular weight excluding hydrogens is 312 g/mol. The van der Waals surface area contributed by atoms with Gasteiger partial charge in [0.05, 0.1) is 0 Å². The standard InChI is InChI=1S/C16H18N4O2S/c1-9-5-7-17-14-11(9)18-13(20(14)19-16(2,3)4)10-6-8-23-12(10)15(21)22/h5-8,19H,1-4H3,(H,21,22). The van der Waals surface area contributed by atoms with Gasteiger partial charge in [0.25, 0.3) is 0 Å². The first-order valence-electron chi connectivity index (χ1n) is 7.21. The molecule has 2 N–H and O–H groups in total. The maximum Gasteiger partial charge on any atom is 0.346 e. The van der Waals surface area contributed by atoms with E-state index in [1.807, 2.05) is 33.8 Å². The Balaban J connectivity index is 2.31. The Kier molecular flexibility index (Phi) is 3.60. The van der Waals surface area contributed by atoms with E-state index in [9.17, 15) is 9.90 Å². The molecule has 3 aromatic rings. The van der Waals surface area contributed by atoms with Crippen LogP contribution in [0.3, 0.4) is 0 Å². The van der Waals surface area contributed by atoms with E-state index in [1.165, 1.54) is 11.3 Å². The minimum atomic E-state index is -0.950. The summed E-state index contributed by atoms with van der Waals surface area (Å²) in [5.41, 5.74) is 6.18. The Morgan fingerprint density at radius 1 is 1.35 bits per heavy atom. The Morgan fingerprint density at radius 3 is 2.74 bits per heavy atom. The van der Waals surface area contributed by atoms with E-state index >= 15 is 0 Å². The highest BCUT2D eigenvalue weighted by molar-refractivity contribution is 7.12. The van der Waals surface area contributed by atoms with Gasteiger partial charge in [0, 0.05) is 17.3 Å². The average molecular weight is 330 g/mol. The van der Waals surface area contributed by atoms with Gasteiger partial charge in [-0.25, -0.2) is 19.4 Å². The molecule has 0 fully saturated rings. The van der Waals surface area contributed by atoms with Gasteiger partial charge < -0.3 is 10.5 Å². The molecule has 7 heteroatoms. The molecule has 0 aliphatic rings. The van der Waals surface area contributed by atoms with E-state index in [-0.39, 0.29) is 10.4 Å². The van der Waals surface area contributed by atoms with Gasteiger partial charge in [-0.3, -0.25) is 0 Å². The molecule has 3 heterocycles. The number of fused-ring (bicyclic) bond motifs is 1. The van der Waals surface area contributed by atoms with Crippen LogP contribution in [0, 0.1) is 6.92 Å². The number of aryl methyl sites for hydroxylation is 1. The normalized spacial score (nSPS) is 11.8. The van der Waals surface area contributed by atoms with Crippen LogP contribution in [-0.4, -0.2) is 31.3 Å². The van der Waals surface area contributed by atoms with Crippen molar-refractivity contribution in [1.82, 2.24) is 14.6 Å². The highest BCUT2D eigenvalue weighted by Gasteiger charge is 2.23. The van der Waals surface area contributed by atoms with Crippen molar-refractivity contribution < 1.29 is 9.90 Å². The van der Waals surface area contributed by atoms with Gasteiger partial charge >= 0.3 is 5.97 Å². The number of carboxylic acid groups (broad SMARTS) is 1. The van der Waals surface area contributed by atoms with Crippen LogP contribution in [0.25, 0.3) is 22.6 Å². The van der Waals surface area contributed by atoms with Crippen LogP contribution in [0.2, 0.25) is 0 Å². The van der Waals surface area contributed by atoms with Crippen LogP contribution >= 0.6 is 11.3 Å². The van der Waals surface area contributed by atoms with Crippen LogP contribution in [0.4, 0.5) is 0 Å². The maximum atomic E-state index is 11.5. The van der Waals surface area contributed by atoms with E-state index in [0.717, 1.165) is 11.1 Å². The Morgan fingerprint density at radius 2 is 2.09 bits per heavy atom. The van der Waals surface area contributed by atoms with E-state index in [2.05, 4.69) is 15.4 Å².